The van der Waals surface area contributed by atoms with Crippen LogP contribution in [0.15, 0.2) is 60.2 Å². The van der Waals surface area contributed by atoms with Crippen LogP contribution in [0.2, 0.25) is 0 Å². The Morgan fingerprint density at radius 3 is 2.27 bits per heavy atom. The zero-order valence-corrected chi connectivity index (χ0v) is 18.9. The van der Waals surface area contributed by atoms with Crippen LogP contribution < -0.4 is 14.2 Å². The van der Waals surface area contributed by atoms with E-state index in [0.717, 1.165) is 5.57 Å². The minimum Gasteiger partial charge on any atom is -0.504 e. The van der Waals surface area contributed by atoms with Gasteiger partial charge in [-0.25, -0.2) is 4.79 Å². The molecule has 0 amide bonds. The number of hydrogen-bond acceptors (Lipinski definition) is 6. The van der Waals surface area contributed by atoms with Crippen LogP contribution >= 0.6 is 0 Å². The molecular weight excluding hydrogens is 424 g/mol. The summed E-state index contributed by atoms with van der Waals surface area (Å²) in [4.78, 5) is 11.7. The monoisotopic (exact) mass is 450 g/mol. The van der Waals surface area contributed by atoms with Crippen molar-refractivity contribution in [2.24, 2.45) is 0 Å². The third kappa shape index (κ3) is 4.87. The molecule has 0 radical (unpaired) electrons. The van der Waals surface area contributed by atoms with Crippen molar-refractivity contribution in [2.45, 2.75) is 13.8 Å². The van der Waals surface area contributed by atoms with Crippen LogP contribution in [0.4, 0.5) is 0 Å². The fraction of sp³-hybridized carbons (Fsp3) is 0.192. The minimum absolute atomic E-state index is 0.0560. The number of carboxylic acids is 1. The molecule has 3 N–H and O–H groups in total. The molecule has 0 aromatic heterocycles. The first-order chi connectivity index (χ1) is 15.8. The first kappa shape index (κ1) is 23.5. The van der Waals surface area contributed by atoms with E-state index in [2.05, 4.69) is 0 Å². The molecule has 33 heavy (non-hydrogen) atoms. The SMILES string of the molecule is COc1cc(-c2ccccc2C(=O)O)c(OC)c(O)c1-c1ccc(OCC=C(C)C)c(O)c1. The van der Waals surface area contributed by atoms with E-state index in [1.54, 1.807) is 36.4 Å². The molecule has 7 nitrogen and oxygen atoms in total. The lowest BCUT2D eigenvalue weighted by Crippen LogP contribution is -2.01. The van der Waals surface area contributed by atoms with Gasteiger partial charge in [-0.15, -0.1) is 0 Å². The molecule has 0 aliphatic heterocycles. The highest BCUT2D eigenvalue weighted by atomic mass is 16.5. The van der Waals surface area contributed by atoms with Crippen molar-refractivity contribution < 1.29 is 34.3 Å². The van der Waals surface area contributed by atoms with Crippen LogP contribution in [0.5, 0.6) is 28.7 Å². The molecule has 0 atom stereocenters. The molecule has 0 spiro atoms. The Bertz CT molecular complexity index is 1210. The second-order valence-electron chi connectivity index (χ2n) is 7.51. The maximum Gasteiger partial charge on any atom is 0.336 e. The molecule has 0 heterocycles. The predicted octanol–water partition coefficient (Wildman–Crippen LogP) is 5.49. The zero-order chi connectivity index (χ0) is 24.1. The second kappa shape index (κ2) is 9.99. The highest BCUT2D eigenvalue weighted by Gasteiger charge is 2.24. The number of phenolic OH excluding ortho intramolecular Hbond substituents is 2. The van der Waals surface area contributed by atoms with Gasteiger partial charge in [0.25, 0.3) is 0 Å². The van der Waals surface area contributed by atoms with Gasteiger partial charge < -0.3 is 29.5 Å². The smallest absolute Gasteiger partial charge is 0.336 e. The topological polar surface area (TPSA) is 105 Å². The average Bonchev–Trinajstić information content (AvgIpc) is 2.79. The molecule has 3 aromatic carbocycles. The molecule has 0 saturated carbocycles. The lowest BCUT2D eigenvalue weighted by molar-refractivity contribution is 0.0697. The standard InChI is InChI=1S/C26H26O7/c1-15(2)11-12-33-21-10-9-16(13-20(21)27)23-22(31-3)14-19(25(32-4)24(23)28)17-7-5-6-8-18(17)26(29)30/h5-11,13-14,27-28H,12H2,1-4H3,(H,29,30). The molecule has 0 aliphatic carbocycles. The molecule has 7 heteroatoms. The number of hydrogen-bond donors (Lipinski definition) is 3. The average molecular weight is 450 g/mol. The number of aromatic hydroxyl groups is 2. The van der Waals surface area contributed by atoms with Crippen molar-refractivity contribution in [2.75, 3.05) is 20.8 Å². The van der Waals surface area contributed by atoms with Gasteiger partial charge in [-0.3, -0.25) is 0 Å². The Hall–Kier alpha value is -4.13. The Kier molecular flexibility index (Phi) is 7.13. The van der Waals surface area contributed by atoms with Crippen molar-refractivity contribution >= 4 is 5.97 Å². The first-order valence-corrected chi connectivity index (χ1v) is 10.2. The number of methoxy groups -OCH3 is 2. The summed E-state index contributed by atoms with van der Waals surface area (Å²) in [6, 6.07) is 12.8. The van der Waals surface area contributed by atoms with E-state index in [4.69, 9.17) is 14.2 Å². The largest absolute Gasteiger partial charge is 0.504 e. The van der Waals surface area contributed by atoms with E-state index in [0.29, 0.717) is 29.0 Å². The molecule has 3 rings (SSSR count). The van der Waals surface area contributed by atoms with Gasteiger partial charge >= 0.3 is 5.97 Å². The summed E-state index contributed by atoms with van der Waals surface area (Å²) in [7, 11) is 2.82. The van der Waals surface area contributed by atoms with Gasteiger partial charge in [0.1, 0.15) is 12.4 Å². The summed E-state index contributed by atoms with van der Waals surface area (Å²) in [5, 5.41) is 31.2. The van der Waals surface area contributed by atoms with Crippen LogP contribution in [0.25, 0.3) is 22.3 Å². The van der Waals surface area contributed by atoms with Crippen molar-refractivity contribution in [3.05, 3.63) is 65.7 Å². The lowest BCUT2D eigenvalue weighted by atomic mass is 9.94. The number of carbonyl (C=O) groups is 1. The van der Waals surface area contributed by atoms with Gasteiger partial charge in [0.05, 0.1) is 25.3 Å². The van der Waals surface area contributed by atoms with Gasteiger partial charge in [-0.2, -0.15) is 0 Å². The minimum atomic E-state index is -1.11. The van der Waals surface area contributed by atoms with E-state index >= 15 is 0 Å². The van der Waals surface area contributed by atoms with E-state index in [-0.39, 0.29) is 34.1 Å². The summed E-state index contributed by atoms with van der Waals surface area (Å²) in [6.45, 7) is 4.22. The van der Waals surface area contributed by atoms with Crippen molar-refractivity contribution in [3.63, 3.8) is 0 Å². The number of carboxylic acid groups (broad SMARTS) is 1. The van der Waals surface area contributed by atoms with E-state index in [1.165, 1.54) is 26.4 Å². The Morgan fingerprint density at radius 1 is 0.939 bits per heavy atom. The van der Waals surface area contributed by atoms with Gasteiger partial charge in [0.15, 0.2) is 23.0 Å². The van der Waals surface area contributed by atoms with E-state index in [1.807, 2.05) is 19.9 Å². The number of allylic oxidation sites excluding steroid dienone is 1. The molecule has 0 fully saturated rings. The third-order valence-corrected chi connectivity index (χ3v) is 5.07. The molecule has 0 saturated heterocycles. The normalized spacial score (nSPS) is 10.4. The van der Waals surface area contributed by atoms with Gasteiger partial charge in [-0.05, 0) is 49.8 Å². The molecular formula is C26H26O7. The number of rotatable bonds is 8. The maximum atomic E-state index is 11.7. The summed E-state index contributed by atoms with van der Waals surface area (Å²) >= 11 is 0. The quantitative estimate of drug-likeness (QED) is 0.390. The van der Waals surface area contributed by atoms with E-state index < -0.39 is 5.97 Å². The number of phenols is 2. The maximum absolute atomic E-state index is 11.7. The molecule has 0 bridgehead atoms. The van der Waals surface area contributed by atoms with Gasteiger partial charge in [0, 0.05) is 11.1 Å². The summed E-state index contributed by atoms with van der Waals surface area (Å²) < 4.78 is 16.6. The van der Waals surface area contributed by atoms with Crippen LogP contribution in [-0.4, -0.2) is 42.1 Å². The second-order valence-corrected chi connectivity index (χ2v) is 7.51. The number of aromatic carboxylic acids is 1. The molecule has 0 aliphatic rings. The highest BCUT2D eigenvalue weighted by Crippen LogP contribution is 2.50. The first-order valence-electron chi connectivity index (χ1n) is 10.2. The fourth-order valence-electron chi connectivity index (χ4n) is 3.47. The Morgan fingerprint density at radius 2 is 1.67 bits per heavy atom. The summed E-state index contributed by atoms with van der Waals surface area (Å²) in [6.07, 6.45) is 1.89. The third-order valence-electron chi connectivity index (χ3n) is 5.07. The van der Waals surface area contributed by atoms with Gasteiger partial charge in [0.2, 0.25) is 0 Å². The molecule has 3 aromatic rings. The van der Waals surface area contributed by atoms with Crippen LogP contribution in [-0.2, 0) is 0 Å². The summed E-state index contributed by atoms with van der Waals surface area (Å²) in [5.41, 5.74) is 2.63. The van der Waals surface area contributed by atoms with Gasteiger partial charge in [-0.1, -0.05) is 29.8 Å². The number of ether oxygens (including phenoxy) is 3. The van der Waals surface area contributed by atoms with Crippen molar-refractivity contribution in [1.29, 1.82) is 0 Å². The predicted molar refractivity (Wildman–Crippen MR) is 126 cm³/mol. The molecule has 172 valence electrons. The Labute approximate surface area is 192 Å². The van der Waals surface area contributed by atoms with E-state index in [9.17, 15) is 20.1 Å². The lowest BCUT2D eigenvalue weighted by Gasteiger charge is -2.19. The van der Waals surface area contributed by atoms with Crippen LogP contribution in [0.3, 0.4) is 0 Å². The van der Waals surface area contributed by atoms with Crippen molar-refractivity contribution in [1.82, 2.24) is 0 Å². The summed E-state index contributed by atoms with van der Waals surface area (Å²) in [5.74, 6) is -0.790. The number of benzene rings is 3. The highest BCUT2D eigenvalue weighted by molar-refractivity contribution is 5.99. The van der Waals surface area contributed by atoms with Crippen LogP contribution in [0.1, 0.15) is 24.2 Å². The van der Waals surface area contributed by atoms with Crippen LogP contribution in [0, 0.1) is 0 Å². The zero-order valence-electron chi connectivity index (χ0n) is 18.9. The van der Waals surface area contributed by atoms with Crippen molar-refractivity contribution in [3.8, 4) is 51.0 Å². The fourth-order valence-corrected chi connectivity index (χ4v) is 3.47. The Balaban J connectivity index is 2.14. The molecule has 0 unspecified atom stereocenters.